The molecule has 144 valence electrons. The number of carbonyl (C=O) groups is 1. The number of rotatable bonds is 5. The van der Waals surface area contributed by atoms with Crippen molar-refractivity contribution in [1.29, 1.82) is 0 Å². The number of hydrogen-bond acceptors (Lipinski definition) is 3. The predicted molar refractivity (Wildman–Crippen MR) is 115 cm³/mol. The van der Waals surface area contributed by atoms with E-state index in [1.54, 1.807) is 12.1 Å². The number of nitrogens with zero attached hydrogens (tertiary/aromatic N) is 2. The molecule has 2 aromatic rings. The van der Waals surface area contributed by atoms with Gasteiger partial charge in [0.2, 0.25) is 5.91 Å². The molecule has 0 aromatic heterocycles. The van der Waals surface area contributed by atoms with Crippen molar-refractivity contribution in [3.63, 3.8) is 0 Å². The average Bonchev–Trinajstić information content (AvgIpc) is 2.65. The number of hydrogen-bond donors (Lipinski definition) is 1. The fourth-order valence-corrected chi connectivity index (χ4v) is 3.79. The third-order valence-electron chi connectivity index (χ3n) is 4.47. The van der Waals surface area contributed by atoms with Gasteiger partial charge >= 0.3 is 0 Å². The third-order valence-corrected chi connectivity index (χ3v) is 5.90. The van der Waals surface area contributed by atoms with Crippen LogP contribution in [-0.2, 0) is 4.79 Å². The summed E-state index contributed by atoms with van der Waals surface area (Å²) >= 11 is 24.0. The standard InChI is InChI=1S/C19H19Cl4N3O/c20-13-2-1-3-15(10-13)26-8-6-25(7-9-26)5-4-18(27)24-14-11-16(21)19(23)17(22)12-14/h1-3,10-12H,4-9H2,(H,24,27). The molecule has 4 nitrogen and oxygen atoms in total. The lowest BCUT2D eigenvalue weighted by atomic mass is 10.2. The number of halogens is 4. The van der Waals surface area contributed by atoms with Crippen LogP contribution in [0.15, 0.2) is 36.4 Å². The highest BCUT2D eigenvalue weighted by Gasteiger charge is 2.18. The van der Waals surface area contributed by atoms with Crippen LogP contribution in [0.4, 0.5) is 11.4 Å². The smallest absolute Gasteiger partial charge is 0.225 e. The van der Waals surface area contributed by atoms with Gasteiger partial charge in [-0.2, -0.15) is 0 Å². The first kappa shape index (κ1) is 20.6. The molecule has 1 fully saturated rings. The maximum absolute atomic E-state index is 12.2. The number of carbonyl (C=O) groups excluding carboxylic acids is 1. The molecule has 0 aliphatic carbocycles. The zero-order valence-corrected chi connectivity index (χ0v) is 17.5. The predicted octanol–water partition coefficient (Wildman–Crippen LogP) is 5.45. The Morgan fingerprint density at radius 1 is 0.963 bits per heavy atom. The first-order valence-corrected chi connectivity index (χ1v) is 10.1. The quantitative estimate of drug-likeness (QED) is 0.620. The molecule has 1 heterocycles. The zero-order chi connectivity index (χ0) is 19.4. The van der Waals surface area contributed by atoms with Crippen LogP contribution in [0, 0.1) is 0 Å². The van der Waals surface area contributed by atoms with Gasteiger partial charge in [-0.05, 0) is 30.3 Å². The van der Waals surface area contributed by atoms with Crippen LogP contribution >= 0.6 is 46.4 Å². The molecule has 2 aromatic carbocycles. The SMILES string of the molecule is O=C(CCN1CCN(c2cccc(Cl)c2)CC1)Nc1cc(Cl)c(Cl)c(Cl)c1. The molecule has 0 saturated carbocycles. The molecule has 0 bridgehead atoms. The number of benzene rings is 2. The summed E-state index contributed by atoms with van der Waals surface area (Å²) in [5.74, 6) is -0.0817. The molecule has 0 unspecified atom stereocenters. The van der Waals surface area contributed by atoms with Crippen molar-refractivity contribution >= 4 is 63.7 Å². The van der Waals surface area contributed by atoms with E-state index in [9.17, 15) is 4.79 Å². The maximum Gasteiger partial charge on any atom is 0.225 e. The summed E-state index contributed by atoms with van der Waals surface area (Å²) < 4.78 is 0. The molecule has 0 radical (unpaired) electrons. The van der Waals surface area contributed by atoms with E-state index in [4.69, 9.17) is 46.4 Å². The first-order valence-electron chi connectivity index (χ1n) is 8.59. The summed E-state index contributed by atoms with van der Waals surface area (Å²) in [6.45, 7) is 4.32. The molecule has 1 N–H and O–H groups in total. The fourth-order valence-electron chi connectivity index (χ4n) is 3.01. The van der Waals surface area contributed by atoms with E-state index >= 15 is 0 Å². The number of amides is 1. The molecule has 1 amide bonds. The van der Waals surface area contributed by atoms with E-state index in [0.717, 1.165) is 36.9 Å². The van der Waals surface area contributed by atoms with Crippen molar-refractivity contribution in [2.75, 3.05) is 42.9 Å². The van der Waals surface area contributed by atoms with Crippen LogP contribution in [-0.4, -0.2) is 43.5 Å². The second-order valence-electron chi connectivity index (χ2n) is 6.36. The van der Waals surface area contributed by atoms with E-state index in [1.807, 2.05) is 18.2 Å². The van der Waals surface area contributed by atoms with Gasteiger partial charge in [0.25, 0.3) is 0 Å². The lowest BCUT2D eigenvalue weighted by Crippen LogP contribution is -2.47. The van der Waals surface area contributed by atoms with Gasteiger partial charge in [-0.1, -0.05) is 52.5 Å². The molecule has 0 atom stereocenters. The summed E-state index contributed by atoms with van der Waals surface area (Å²) in [7, 11) is 0. The Labute approximate surface area is 178 Å². The summed E-state index contributed by atoms with van der Waals surface area (Å²) in [6, 6.07) is 11.1. The molecule has 27 heavy (non-hydrogen) atoms. The highest BCUT2D eigenvalue weighted by Crippen LogP contribution is 2.33. The minimum absolute atomic E-state index is 0.0817. The Bertz CT molecular complexity index is 799. The van der Waals surface area contributed by atoms with Crippen LogP contribution in [0.25, 0.3) is 0 Å². The minimum Gasteiger partial charge on any atom is -0.369 e. The van der Waals surface area contributed by atoms with E-state index in [2.05, 4.69) is 21.2 Å². The van der Waals surface area contributed by atoms with E-state index in [-0.39, 0.29) is 10.9 Å². The molecule has 0 spiro atoms. The average molecular weight is 447 g/mol. The van der Waals surface area contributed by atoms with Crippen molar-refractivity contribution < 1.29 is 4.79 Å². The summed E-state index contributed by atoms with van der Waals surface area (Å²) in [6.07, 6.45) is 0.398. The van der Waals surface area contributed by atoms with Gasteiger partial charge in [-0.3, -0.25) is 9.69 Å². The van der Waals surface area contributed by atoms with Crippen LogP contribution in [0.3, 0.4) is 0 Å². The molecular formula is C19H19Cl4N3O. The van der Waals surface area contributed by atoms with Gasteiger partial charge in [0.05, 0.1) is 15.1 Å². The van der Waals surface area contributed by atoms with Crippen LogP contribution in [0.5, 0.6) is 0 Å². The molecular weight excluding hydrogens is 428 g/mol. The minimum atomic E-state index is -0.0817. The Balaban J connectivity index is 1.45. The normalized spacial score (nSPS) is 15.0. The second-order valence-corrected chi connectivity index (χ2v) is 7.99. The summed E-state index contributed by atoms with van der Waals surface area (Å²) in [5.41, 5.74) is 1.68. The molecule has 3 rings (SSSR count). The van der Waals surface area contributed by atoms with E-state index in [1.165, 1.54) is 0 Å². The Morgan fingerprint density at radius 3 is 2.26 bits per heavy atom. The van der Waals surface area contributed by atoms with Crippen molar-refractivity contribution in [2.24, 2.45) is 0 Å². The Kier molecular flexibility index (Phi) is 7.12. The summed E-state index contributed by atoms with van der Waals surface area (Å²) in [4.78, 5) is 16.8. The second kappa shape index (κ2) is 9.35. The summed E-state index contributed by atoms with van der Waals surface area (Å²) in [5, 5.41) is 4.48. The lowest BCUT2D eigenvalue weighted by Gasteiger charge is -2.36. The highest BCUT2D eigenvalue weighted by molar-refractivity contribution is 6.48. The van der Waals surface area contributed by atoms with Gasteiger partial charge < -0.3 is 10.2 Å². The van der Waals surface area contributed by atoms with E-state index in [0.29, 0.717) is 28.7 Å². The highest BCUT2D eigenvalue weighted by atomic mass is 35.5. The number of anilines is 2. The fraction of sp³-hybridized carbons (Fsp3) is 0.316. The van der Waals surface area contributed by atoms with Gasteiger partial charge in [0.15, 0.2) is 0 Å². The number of nitrogens with one attached hydrogen (secondary N) is 1. The largest absolute Gasteiger partial charge is 0.369 e. The Morgan fingerprint density at radius 2 is 1.63 bits per heavy atom. The number of piperazine rings is 1. The molecule has 1 aliphatic heterocycles. The van der Waals surface area contributed by atoms with Crippen LogP contribution in [0.2, 0.25) is 20.1 Å². The van der Waals surface area contributed by atoms with Crippen molar-refractivity contribution in [1.82, 2.24) is 4.90 Å². The topological polar surface area (TPSA) is 35.6 Å². The van der Waals surface area contributed by atoms with Crippen molar-refractivity contribution in [2.45, 2.75) is 6.42 Å². The molecule has 1 saturated heterocycles. The Hall–Kier alpha value is -1.17. The van der Waals surface area contributed by atoms with Crippen LogP contribution < -0.4 is 10.2 Å². The maximum atomic E-state index is 12.2. The van der Waals surface area contributed by atoms with Crippen molar-refractivity contribution in [3.05, 3.63) is 56.5 Å². The zero-order valence-electron chi connectivity index (χ0n) is 14.5. The van der Waals surface area contributed by atoms with E-state index < -0.39 is 0 Å². The molecule has 8 heteroatoms. The lowest BCUT2D eigenvalue weighted by molar-refractivity contribution is -0.116. The molecule has 1 aliphatic rings. The van der Waals surface area contributed by atoms with Gasteiger partial charge in [0, 0.05) is 55.5 Å². The van der Waals surface area contributed by atoms with Gasteiger partial charge in [0.1, 0.15) is 0 Å². The third kappa shape index (κ3) is 5.66. The van der Waals surface area contributed by atoms with Crippen molar-refractivity contribution in [3.8, 4) is 0 Å². The first-order chi connectivity index (χ1) is 12.9. The van der Waals surface area contributed by atoms with Gasteiger partial charge in [-0.15, -0.1) is 0 Å². The monoisotopic (exact) mass is 445 g/mol. The van der Waals surface area contributed by atoms with Crippen LogP contribution in [0.1, 0.15) is 6.42 Å². The van der Waals surface area contributed by atoms with Gasteiger partial charge in [-0.25, -0.2) is 0 Å².